The number of aryl methyl sites for hydroxylation is 1. The Hall–Kier alpha value is -8.43. The van der Waals surface area contributed by atoms with Crippen molar-refractivity contribution in [2.75, 3.05) is 214 Å². The monoisotopic (exact) mass is 1810 g/mol. The van der Waals surface area contributed by atoms with Crippen molar-refractivity contribution in [3.8, 4) is 11.1 Å². The molecule has 2 aliphatic carbocycles. The third kappa shape index (κ3) is 36.1. The van der Waals surface area contributed by atoms with Gasteiger partial charge in [0.15, 0.2) is 11.4 Å². The van der Waals surface area contributed by atoms with Gasteiger partial charge in [0.05, 0.1) is 234 Å². The van der Waals surface area contributed by atoms with E-state index < -0.39 is 90.4 Å². The number of carbonyl (C=O) groups excluding carboxylic acids is 5. The predicted octanol–water partition coefficient (Wildman–Crippen LogP) is 2.65. The summed E-state index contributed by atoms with van der Waals surface area (Å²) in [6, 6.07) is 5.99. The van der Waals surface area contributed by atoms with Crippen molar-refractivity contribution in [3.63, 3.8) is 0 Å². The number of halogens is 6. The third-order valence-corrected chi connectivity index (χ3v) is 20.6. The summed E-state index contributed by atoms with van der Waals surface area (Å²) in [6.45, 7) is 12.1. The lowest BCUT2D eigenvalue weighted by molar-refractivity contribution is -0.161. The molecule has 5 aromatic rings. The van der Waals surface area contributed by atoms with E-state index in [9.17, 15) is 70.7 Å². The summed E-state index contributed by atoms with van der Waals surface area (Å²) in [5.41, 5.74) is 2.28. The molecule has 2 aliphatic heterocycles. The van der Waals surface area contributed by atoms with Crippen LogP contribution in [-0.4, -0.2) is 348 Å². The quantitative estimate of drug-likeness (QED) is 0.0197. The summed E-state index contributed by atoms with van der Waals surface area (Å²) < 4.78 is 166. The number of nitrogens with zero attached hydrogens (tertiary/aromatic N) is 8. The van der Waals surface area contributed by atoms with Gasteiger partial charge in [-0.1, -0.05) is 12.1 Å². The molecule has 2 saturated carbocycles. The lowest BCUT2D eigenvalue weighted by Crippen LogP contribution is -2.57. The zero-order valence-corrected chi connectivity index (χ0v) is 71.8. The second-order valence-electron chi connectivity index (χ2n) is 30.8. The molecular weight excluding hydrogens is 1690 g/mol. The van der Waals surface area contributed by atoms with Gasteiger partial charge in [-0.2, -0.15) is 36.5 Å². The summed E-state index contributed by atoms with van der Waals surface area (Å²) >= 11 is 0. The number of benzene rings is 1. The molecule has 9 atom stereocenters. The highest BCUT2D eigenvalue weighted by atomic mass is 19.4. The minimum atomic E-state index is -4.71. The average Bonchev–Trinajstić information content (AvgIpc) is 1.64. The van der Waals surface area contributed by atoms with Gasteiger partial charge in [-0.15, -0.1) is 0 Å². The van der Waals surface area contributed by atoms with E-state index in [4.69, 9.17) is 76.2 Å². The molecule has 710 valence electrons. The van der Waals surface area contributed by atoms with Crippen LogP contribution in [0.2, 0.25) is 0 Å². The number of aliphatic hydroxyl groups is 4. The van der Waals surface area contributed by atoms with Crippen LogP contribution in [0.25, 0.3) is 11.1 Å². The van der Waals surface area contributed by atoms with Crippen molar-refractivity contribution in [2.24, 2.45) is 17.8 Å². The second kappa shape index (κ2) is 54.3. The number of hydrogen-bond acceptors (Lipinski definition) is 32. The molecule has 45 heteroatoms. The number of aliphatic hydroxyl groups excluding tert-OH is 4. The molecule has 9 rings (SSSR count). The lowest BCUT2D eigenvalue weighted by Gasteiger charge is -2.38. The van der Waals surface area contributed by atoms with Gasteiger partial charge < -0.3 is 129 Å². The van der Waals surface area contributed by atoms with Crippen molar-refractivity contribution in [1.29, 1.82) is 0 Å². The van der Waals surface area contributed by atoms with Crippen LogP contribution in [0.4, 0.5) is 43.7 Å². The van der Waals surface area contributed by atoms with Crippen molar-refractivity contribution < 1.29 is 142 Å². The van der Waals surface area contributed by atoms with E-state index in [0.717, 1.165) is 60.6 Å². The first-order valence-corrected chi connectivity index (χ1v) is 42.6. The number of rotatable bonds is 63. The fraction of sp³-hybridized carbons (Fsp3) is 0.695. The molecule has 0 radical (unpaired) electrons. The SMILES string of the molecule is Cc1nn(CCOCCOCCOCC(=O)NC(COCCC(=O)NCCOCCOCCOCCOC[C@H]2OC[C@H](Nc3cncc(C(F)(F)F)n3)[C@@H](O)[C@H]2O)COCCC(=O)NCCOCCOCCOCCOC[C@H]2OC[C@H](Nc3cncc(C(F)(F)F)n3)[C@@H](O)[C@H]2O)c(C)c1-c1ccc(NC(=O)[C@@H](NC(=O)c2ccnn2C(C)C)C(C2CC2)C2CC2)cc1. The number of alkyl halides is 6. The summed E-state index contributed by atoms with van der Waals surface area (Å²) in [5.74, 6) is -1.25. The van der Waals surface area contributed by atoms with Gasteiger partial charge in [-0.3, -0.25) is 43.3 Å². The second-order valence-corrected chi connectivity index (χ2v) is 30.8. The smallest absolute Gasteiger partial charge is 0.388 e. The van der Waals surface area contributed by atoms with Crippen LogP contribution < -0.4 is 37.2 Å². The Morgan fingerprint density at radius 3 is 1.41 bits per heavy atom. The van der Waals surface area contributed by atoms with Crippen LogP contribution in [0, 0.1) is 31.6 Å². The molecule has 11 N–H and O–H groups in total. The van der Waals surface area contributed by atoms with Crippen LogP contribution in [0.5, 0.6) is 0 Å². The number of nitrogens with one attached hydrogen (secondary N) is 7. The van der Waals surface area contributed by atoms with Crippen LogP contribution in [-0.2, 0) is 109 Å². The van der Waals surface area contributed by atoms with Gasteiger partial charge in [0.25, 0.3) is 5.91 Å². The van der Waals surface area contributed by atoms with E-state index in [0.29, 0.717) is 55.4 Å². The van der Waals surface area contributed by atoms with Crippen LogP contribution >= 0.6 is 0 Å². The van der Waals surface area contributed by atoms with Gasteiger partial charge in [-0.25, -0.2) is 9.97 Å². The standard InChI is InChI=1S/C82H121F6N15O24/c1-52(2)103-62(13-16-93-103)79(111)100-74(73(56-5-6-56)57-7-8-57)80(112)95-58-11-9-55(10-12-58)72-53(3)101-102(54(72)4)19-24-115-27-30-118-37-40-125-51-71(106)94-59(45-121-20-14-69(104)91-17-22-113-25-28-116-31-33-119-35-38-123-49-63-77(109)75(107)60(47-126-63)96-67-43-89-41-65(98-67)81(83,84)85)46-122-21-15-70(105)92-18-23-114-26-29-117-32-34-120-36-39-124-50-64-78(110)76(108)61(48-127-64)97-68-44-90-42-66(99-68)82(86,87)88/h9-13,16,41-44,52,56-57,59-61,63-64,73-78,107-110H,5-8,14-15,17-40,45-51H2,1-4H3,(H,91,104)(H,92,105)(H,94,106)(H,95,112)(H,96,98)(H,97,99)(H,100,111)/t60-,61-,63+,64+,74-,75+,76+,77-,78-/m0/s1. The van der Waals surface area contributed by atoms with E-state index in [1.54, 1.807) is 16.9 Å². The average molecular weight is 1810 g/mol. The Kier molecular flexibility index (Phi) is 43.7. The highest BCUT2D eigenvalue weighted by molar-refractivity contribution is 6.01. The maximum Gasteiger partial charge on any atom is 0.434 e. The molecular formula is C82H121F6N15O24. The molecule has 1 aromatic carbocycles. The van der Waals surface area contributed by atoms with Crippen LogP contribution in [0.15, 0.2) is 61.3 Å². The summed E-state index contributed by atoms with van der Waals surface area (Å²) in [6.07, 6.45) is -7.82. The number of anilines is 3. The van der Waals surface area contributed by atoms with Crippen LogP contribution in [0.3, 0.4) is 0 Å². The summed E-state index contributed by atoms with van der Waals surface area (Å²) in [4.78, 5) is 80.2. The first kappa shape index (κ1) is 102. The molecule has 4 aromatic heterocycles. The first-order valence-electron chi connectivity index (χ1n) is 42.6. The fourth-order valence-corrected chi connectivity index (χ4v) is 13.8. The molecule has 39 nitrogen and oxygen atoms in total. The molecule has 4 fully saturated rings. The highest BCUT2D eigenvalue weighted by Crippen LogP contribution is 2.51. The minimum absolute atomic E-state index is 0.00190. The van der Waals surface area contributed by atoms with Gasteiger partial charge in [-0.05, 0) is 94.9 Å². The van der Waals surface area contributed by atoms with E-state index in [1.165, 1.54) is 0 Å². The Morgan fingerprint density at radius 1 is 0.520 bits per heavy atom. The number of carbonyl (C=O) groups is 5. The Bertz CT molecular complexity index is 3920. The summed E-state index contributed by atoms with van der Waals surface area (Å²) in [7, 11) is 0. The molecule has 6 heterocycles. The highest BCUT2D eigenvalue weighted by Gasteiger charge is 2.49. The van der Waals surface area contributed by atoms with E-state index in [-0.39, 0.29) is 245 Å². The molecule has 5 amide bonds. The van der Waals surface area contributed by atoms with E-state index in [2.05, 4.69) is 62.3 Å². The number of hydrogen-bond donors (Lipinski definition) is 11. The number of aromatic nitrogens is 8. The largest absolute Gasteiger partial charge is 0.434 e. The molecule has 2 saturated heterocycles. The van der Waals surface area contributed by atoms with Gasteiger partial charge in [0, 0.05) is 55.1 Å². The van der Waals surface area contributed by atoms with E-state index >= 15 is 0 Å². The topological polar surface area (TPSA) is 476 Å². The van der Waals surface area contributed by atoms with E-state index in [1.807, 2.05) is 56.6 Å². The van der Waals surface area contributed by atoms with Crippen molar-refractivity contribution in [2.45, 2.75) is 152 Å². The molecule has 0 unspecified atom stereocenters. The maximum atomic E-state index is 14.1. The van der Waals surface area contributed by atoms with Crippen molar-refractivity contribution in [3.05, 3.63) is 89.8 Å². The molecule has 0 spiro atoms. The first-order chi connectivity index (χ1) is 61.2. The molecule has 127 heavy (non-hydrogen) atoms. The van der Waals surface area contributed by atoms with Gasteiger partial charge in [0.2, 0.25) is 23.6 Å². The normalized spacial score (nSPS) is 19.4. The van der Waals surface area contributed by atoms with Gasteiger partial charge in [0.1, 0.15) is 66.6 Å². The Labute approximate surface area is 731 Å². The van der Waals surface area contributed by atoms with Crippen molar-refractivity contribution in [1.82, 2.24) is 60.8 Å². The Morgan fingerprint density at radius 2 is 0.961 bits per heavy atom. The molecule has 0 bridgehead atoms. The molecule has 4 aliphatic rings. The number of amides is 5. The van der Waals surface area contributed by atoms with Crippen molar-refractivity contribution >= 4 is 46.9 Å². The Balaban J connectivity index is 0.596. The minimum Gasteiger partial charge on any atom is -0.388 e. The number of ether oxygens (including phenoxy) is 15. The third-order valence-electron chi connectivity index (χ3n) is 20.6. The fourth-order valence-electron chi connectivity index (χ4n) is 13.8. The predicted molar refractivity (Wildman–Crippen MR) is 439 cm³/mol. The lowest BCUT2D eigenvalue weighted by atomic mass is 9.88. The zero-order chi connectivity index (χ0) is 90.9. The maximum absolute atomic E-state index is 14.1. The summed E-state index contributed by atoms with van der Waals surface area (Å²) in [5, 5.41) is 71.2. The van der Waals surface area contributed by atoms with Gasteiger partial charge >= 0.3 is 12.4 Å². The zero-order valence-electron chi connectivity index (χ0n) is 71.8. The van der Waals surface area contributed by atoms with Crippen LogP contribution in [0.1, 0.15) is 91.7 Å².